The lowest BCUT2D eigenvalue weighted by Crippen LogP contribution is -2.49. The summed E-state index contributed by atoms with van der Waals surface area (Å²) in [6.45, 7) is 6.85. The topological polar surface area (TPSA) is 35.6 Å². The summed E-state index contributed by atoms with van der Waals surface area (Å²) < 4.78 is 3.22. The van der Waals surface area contributed by atoms with Crippen LogP contribution in [0.15, 0.2) is 18.2 Å². The molecular formula is C19H28ClN3OS. The Balaban J connectivity index is 1.53. The Hall–Kier alpha value is -0.910. The predicted molar refractivity (Wildman–Crippen MR) is 108 cm³/mol. The van der Waals surface area contributed by atoms with E-state index in [1.165, 1.54) is 32.2 Å². The van der Waals surface area contributed by atoms with Gasteiger partial charge in [0.1, 0.15) is 0 Å². The highest BCUT2D eigenvalue weighted by Gasteiger charge is 2.26. The van der Waals surface area contributed by atoms with E-state index in [0.717, 1.165) is 43.5 Å². The minimum Gasteiger partial charge on any atom is -0.336 e. The van der Waals surface area contributed by atoms with Gasteiger partial charge < -0.3 is 9.62 Å². The van der Waals surface area contributed by atoms with Gasteiger partial charge in [0.2, 0.25) is 0 Å². The van der Waals surface area contributed by atoms with Gasteiger partial charge in [0.25, 0.3) is 5.91 Å². The average Bonchev–Trinajstić information content (AvgIpc) is 3.13. The van der Waals surface area contributed by atoms with Gasteiger partial charge in [-0.25, -0.2) is 0 Å². The molecular weight excluding hydrogens is 354 g/mol. The van der Waals surface area contributed by atoms with Crippen molar-refractivity contribution in [2.24, 2.45) is 5.92 Å². The summed E-state index contributed by atoms with van der Waals surface area (Å²) in [7, 11) is 0. The number of carbonyl (C=O) groups excluding carboxylic acids is 1. The highest BCUT2D eigenvalue weighted by molar-refractivity contribution is 8.00. The maximum absolute atomic E-state index is 12.8. The zero-order valence-corrected chi connectivity index (χ0v) is 16.5. The van der Waals surface area contributed by atoms with Gasteiger partial charge in [-0.2, -0.15) is 0 Å². The molecule has 1 aliphatic heterocycles. The molecule has 2 aliphatic rings. The van der Waals surface area contributed by atoms with E-state index in [1.54, 1.807) is 11.9 Å². The molecule has 1 aliphatic carbocycles. The van der Waals surface area contributed by atoms with Crippen molar-refractivity contribution in [2.75, 3.05) is 43.2 Å². The van der Waals surface area contributed by atoms with Crippen LogP contribution < -0.4 is 4.72 Å². The summed E-state index contributed by atoms with van der Waals surface area (Å²) in [6, 6.07) is 5.61. The van der Waals surface area contributed by atoms with E-state index in [-0.39, 0.29) is 5.91 Å². The Labute approximate surface area is 160 Å². The Bertz CT molecular complexity index is 584. The van der Waals surface area contributed by atoms with Crippen molar-refractivity contribution in [2.45, 2.75) is 32.6 Å². The molecule has 3 rings (SSSR count). The summed E-state index contributed by atoms with van der Waals surface area (Å²) in [5, 5.41) is 0.528. The first-order chi connectivity index (χ1) is 12.2. The van der Waals surface area contributed by atoms with Crippen LogP contribution in [0.2, 0.25) is 5.02 Å². The summed E-state index contributed by atoms with van der Waals surface area (Å²) >= 11 is 7.97. The average molecular weight is 382 g/mol. The normalized spacial score (nSPS) is 19.4. The molecule has 1 aromatic rings. The van der Waals surface area contributed by atoms with Gasteiger partial charge in [0.15, 0.2) is 0 Å². The fourth-order valence-corrected chi connectivity index (χ4v) is 4.47. The van der Waals surface area contributed by atoms with Crippen LogP contribution in [-0.4, -0.2) is 54.2 Å². The van der Waals surface area contributed by atoms with Gasteiger partial charge in [-0.15, -0.1) is 0 Å². The monoisotopic (exact) mass is 381 g/mol. The van der Waals surface area contributed by atoms with Crippen molar-refractivity contribution in [1.29, 1.82) is 0 Å². The number of halogens is 1. The number of piperazine rings is 1. The Morgan fingerprint density at radius 3 is 2.60 bits per heavy atom. The number of rotatable bonds is 6. The summed E-state index contributed by atoms with van der Waals surface area (Å²) in [5.74, 6) is 1.90. The molecule has 138 valence electrons. The molecule has 1 amide bonds. The molecule has 0 aromatic heterocycles. The molecule has 1 heterocycles. The van der Waals surface area contributed by atoms with E-state index in [4.69, 9.17) is 11.6 Å². The van der Waals surface area contributed by atoms with Gasteiger partial charge in [0, 0.05) is 44.2 Å². The third-order valence-electron chi connectivity index (χ3n) is 5.18. The number of anilines is 1. The van der Waals surface area contributed by atoms with Crippen molar-refractivity contribution >= 4 is 35.1 Å². The first-order valence-electron chi connectivity index (χ1n) is 9.36. The first kappa shape index (κ1) is 18.9. The van der Waals surface area contributed by atoms with Gasteiger partial charge in [-0.3, -0.25) is 9.69 Å². The highest BCUT2D eigenvalue weighted by atomic mass is 35.5. The molecule has 0 atom stereocenters. The van der Waals surface area contributed by atoms with E-state index in [9.17, 15) is 4.79 Å². The number of hydrogen-bond donors (Lipinski definition) is 1. The van der Waals surface area contributed by atoms with Crippen LogP contribution in [0.3, 0.4) is 0 Å². The molecule has 1 N–H and O–H groups in total. The zero-order valence-electron chi connectivity index (χ0n) is 15.0. The van der Waals surface area contributed by atoms with Crippen LogP contribution in [0.25, 0.3) is 0 Å². The van der Waals surface area contributed by atoms with E-state index < -0.39 is 0 Å². The third-order valence-corrected chi connectivity index (χ3v) is 6.17. The van der Waals surface area contributed by atoms with E-state index in [2.05, 4.69) is 16.5 Å². The number of nitrogens with one attached hydrogen (secondary N) is 1. The summed E-state index contributed by atoms with van der Waals surface area (Å²) in [4.78, 5) is 17.3. The highest BCUT2D eigenvalue weighted by Crippen LogP contribution is 2.27. The van der Waals surface area contributed by atoms with E-state index in [0.29, 0.717) is 10.6 Å². The van der Waals surface area contributed by atoms with Crippen LogP contribution in [-0.2, 0) is 0 Å². The van der Waals surface area contributed by atoms with E-state index >= 15 is 0 Å². The second-order valence-electron chi connectivity index (χ2n) is 6.97. The standard InChI is InChI=1S/C19H28ClN3OS/c1-2-25-21-16-7-8-17(18(20)13-16)19(24)23-11-9-22(10-12-23)14-15-5-3-4-6-15/h7-8,13,15,21H,2-6,9-12,14H2,1H3. The molecule has 1 saturated carbocycles. The second-order valence-corrected chi connectivity index (χ2v) is 8.45. The lowest BCUT2D eigenvalue weighted by molar-refractivity contribution is 0.0618. The zero-order chi connectivity index (χ0) is 17.6. The molecule has 0 bridgehead atoms. The molecule has 0 unspecified atom stereocenters. The molecule has 4 nitrogen and oxygen atoms in total. The van der Waals surface area contributed by atoms with Gasteiger partial charge in [0.05, 0.1) is 10.6 Å². The number of hydrogen-bond acceptors (Lipinski definition) is 4. The summed E-state index contributed by atoms with van der Waals surface area (Å²) in [6.07, 6.45) is 5.55. The minimum atomic E-state index is 0.0558. The fourth-order valence-electron chi connectivity index (χ4n) is 3.77. The van der Waals surface area contributed by atoms with Crippen LogP contribution in [0, 0.1) is 5.92 Å². The molecule has 2 fully saturated rings. The molecule has 0 spiro atoms. The van der Waals surface area contributed by atoms with Crippen LogP contribution in [0.4, 0.5) is 5.69 Å². The predicted octanol–water partition coefficient (Wildman–Crippen LogP) is 4.37. The molecule has 25 heavy (non-hydrogen) atoms. The van der Waals surface area contributed by atoms with Crippen molar-refractivity contribution in [3.63, 3.8) is 0 Å². The lowest BCUT2D eigenvalue weighted by atomic mass is 10.1. The molecule has 1 aromatic carbocycles. The maximum atomic E-state index is 12.8. The van der Waals surface area contributed by atoms with Crippen LogP contribution >= 0.6 is 23.5 Å². The molecule has 1 saturated heterocycles. The lowest BCUT2D eigenvalue weighted by Gasteiger charge is -2.36. The number of nitrogens with zero attached hydrogens (tertiary/aromatic N) is 2. The Morgan fingerprint density at radius 1 is 1.24 bits per heavy atom. The van der Waals surface area contributed by atoms with Crippen LogP contribution in [0.5, 0.6) is 0 Å². The minimum absolute atomic E-state index is 0.0558. The number of benzene rings is 1. The third kappa shape index (κ3) is 5.05. The van der Waals surface area contributed by atoms with Crippen molar-refractivity contribution in [1.82, 2.24) is 9.80 Å². The second kappa shape index (κ2) is 9.15. The van der Waals surface area contributed by atoms with Crippen molar-refractivity contribution in [3.8, 4) is 0 Å². The van der Waals surface area contributed by atoms with Gasteiger partial charge >= 0.3 is 0 Å². The van der Waals surface area contributed by atoms with Crippen molar-refractivity contribution in [3.05, 3.63) is 28.8 Å². The summed E-state index contributed by atoms with van der Waals surface area (Å²) in [5.41, 5.74) is 1.55. The quantitative estimate of drug-likeness (QED) is 0.742. The molecule has 6 heteroatoms. The fraction of sp³-hybridized carbons (Fsp3) is 0.632. The molecule has 0 radical (unpaired) electrons. The number of amides is 1. The van der Waals surface area contributed by atoms with Gasteiger partial charge in [-0.1, -0.05) is 43.3 Å². The van der Waals surface area contributed by atoms with Crippen molar-refractivity contribution < 1.29 is 4.79 Å². The van der Waals surface area contributed by atoms with Gasteiger partial charge in [-0.05, 0) is 37.0 Å². The maximum Gasteiger partial charge on any atom is 0.255 e. The smallest absolute Gasteiger partial charge is 0.255 e. The van der Waals surface area contributed by atoms with Crippen LogP contribution in [0.1, 0.15) is 43.0 Å². The number of carbonyl (C=O) groups is 1. The van der Waals surface area contributed by atoms with E-state index in [1.807, 2.05) is 23.1 Å². The Morgan fingerprint density at radius 2 is 1.96 bits per heavy atom. The largest absolute Gasteiger partial charge is 0.336 e. The SMILES string of the molecule is CCSNc1ccc(C(=O)N2CCN(CC3CCCC3)CC2)c(Cl)c1. The first-order valence-corrected chi connectivity index (χ1v) is 10.7. The Kier molecular flexibility index (Phi) is 6.91.